The van der Waals surface area contributed by atoms with E-state index in [1.165, 1.54) is 11.3 Å². The standard InChI is InChI=1S/C14H16ClNO3S/c15-9-4-10(20-6-9)5-16-11(17)14(12(18)19)7-13(8-14)2-1-3-13/h4,6H,1-3,5,7-8H2,(H,16,17)(H,18,19). The molecule has 6 heteroatoms. The van der Waals surface area contributed by atoms with Crippen molar-refractivity contribution in [2.24, 2.45) is 10.8 Å². The minimum atomic E-state index is -1.21. The summed E-state index contributed by atoms with van der Waals surface area (Å²) in [6.45, 7) is 0.345. The van der Waals surface area contributed by atoms with E-state index in [1.807, 2.05) is 0 Å². The second kappa shape index (κ2) is 4.74. The quantitative estimate of drug-likeness (QED) is 0.840. The van der Waals surface area contributed by atoms with Gasteiger partial charge in [0.15, 0.2) is 0 Å². The van der Waals surface area contributed by atoms with E-state index in [9.17, 15) is 14.7 Å². The topological polar surface area (TPSA) is 66.4 Å². The second-order valence-corrected chi connectivity index (χ2v) is 7.44. The van der Waals surface area contributed by atoms with Crippen LogP contribution in [0.15, 0.2) is 11.4 Å². The van der Waals surface area contributed by atoms with Gasteiger partial charge in [-0.3, -0.25) is 9.59 Å². The molecule has 0 saturated heterocycles. The monoisotopic (exact) mass is 313 g/mol. The van der Waals surface area contributed by atoms with Gasteiger partial charge in [-0.25, -0.2) is 0 Å². The highest BCUT2D eigenvalue weighted by molar-refractivity contribution is 7.10. The van der Waals surface area contributed by atoms with Crippen molar-refractivity contribution in [3.8, 4) is 0 Å². The lowest BCUT2D eigenvalue weighted by Crippen LogP contribution is -2.61. The molecule has 2 saturated carbocycles. The highest BCUT2D eigenvalue weighted by atomic mass is 35.5. The molecule has 1 aromatic rings. The highest BCUT2D eigenvalue weighted by Crippen LogP contribution is 2.64. The van der Waals surface area contributed by atoms with Crippen LogP contribution in [0, 0.1) is 10.8 Å². The molecule has 1 spiro atoms. The Labute approximate surface area is 126 Å². The molecule has 108 valence electrons. The van der Waals surface area contributed by atoms with Gasteiger partial charge >= 0.3 is 5.97 Å². The van der Waals surface area contributed by atoms with Crippen LogP contribution in [0.1, 0.15) is 37.0 Å². The number of hydrogen-bond acceptors (Lipinski definition) is 3. The average molecular weight is 314 g/mol. The number of thiophene rings is 1. The molecule has 0 unspecified atom stereocenters. The third-order valence-corrected chi connectivity index (χ3v) is 5.94. The van der Waals surface area contributed by atoms with E-state index < -0.39 is 11.4 Å². The fourth-order valence-electron chi connectivity index (χ4n) is 3.45. The molecule has 20 heavy (non-hydrogen) atoms. The van der Waals surface area contributed by atoms with E-state index in [1.54, 1.807) is 11.4 Å². The van der Waals surface area contributed by atoms with Crippen LogP contribution in [-0.2, 0) is 16.1 Å². The molecule has 1 aromatic heterocycles. The number of carbonyl (C=O) groups excluding carboxylic acids is 1. The summed E-state index contributed by atoms with van der Waals surface area (Å²) in [5, 5.41) is 14.6. The van der Waals surface area contributed by atoms with Crippen LogP contribution >= 0.6 is 22.9 Å². The molecule has 2 N–H and O–H groups in total. The molecule has 3 rings (SSSR count). The van der Waals surface area contributed by atoms with Crippen molar-refractivity contribution in [3.63, 3.8) is 0 Å². The summed E-state index contributed by atoms with van der Waals surface area (Å²) in [5.74, 6) is -1.34. The predicted octanol–water partition coefficient (Wildman–Crippen LogP) is 3.05. The molecule has 2 aliphatic rings. The summed E-state index contributed by atoms with van der Waals surface area (Å²) in [7, 11) is 0. The van der Waals surface area contributed by atoms with E-state index in [4.69, 9.17) is 11.6 Å². The maximum absolute atomic E-state index is 12.3. The third kappa shape index (κ3) is 2.13. The molecule has 0 atom stereocenters. The van der Waals surface area contributed by atoms with Crippen molar-refractivity contribution in [1.82, 2.24) is 5.32 Å². The summed E-state index contributed by atoms with van der Waals surface area (Å²) in [6, 6.07) is 1.79. The number of carboxylic acid groups (broad SMARTS) is 1. The van der Waals surface area contributed by atoms with Gasteiger partial charge in [0.1, 0.15) is 5.41 Å². The van der Waals surface area contributed by atoms with Crippen molar-refractivity contribution in [1.29, 1.82) is 0 Å². The molecule has 1 heterocycles. The maximum Gasteiger partial charge on any atom is 0.319 e. The summed E-state index contributed by atoms with van der Waals surface area (Å²) in [4.78, 5) is 24.7. The van der Waals surface area contributed by atoms with E-state index in [-0.39, 0.29) is 11.3 Å². The van der Waals surface area contributed by atoms with Crippen LogP contribution in [0.4, 0.5) is 0 Å². The Kier molecular flexibility index (Phi) is 3.29. The second-order valence-electron chi connectivity index (χ2n) is 6.01. The first-order valence-corrected chi connectivity index (χ1v) is 7.96. The Bertz CT molecular complexity index is 557. The molecule has 4 nitrogen and oxygen atoms in total. The van der Waals surface area contributed by atoms with Crippen molar-refractivity contribution in [2.45, 2.75) is 38.6 Å². The summed E-state index contributed by atoms with van der Waals surface area (Å²) in [5.41, 5.74) is -1.07. The first kappa shape index (κ1) is 13.9. The number of halogens is 1. The molecule has 0 radical (unpaired) electrons. The van der Waals surface area contributed by atoms with Crippen LogP contribution in [0.3, 0.4) is 0 Å². The van der Waals surface area contributed by atoms with E-state index in [2.05, 4.69) is 5.32 Å². The number of amides is 1. The Morgan fingerprint density at radius 2 is 2.10 bits per heavy atom. The molecular weight excluding hydrogens is 298 g/mol. The van der Waals surface area contributed by atoms with Gasteiger partial charge < -0.3 is 10.4 Å². The lowest BCUT2D eigenvalue weighted by atomic mass is 9.45. The van der Waals surface area contributed by atoms with Crippen LogP contribution < -0.4 is 5.32 Å². The first-order chi connectivity index (χ1) is 9.46. The Morgan fingerprint density at radius 1 is 1.40 bits per heavy atom. The van der Waals surface area contributed by atoms with Gasteiger partial charge in [-0.1, -0.05) is 18.0 Å². The van der Waals surface area contributed by atoms with E-state index >= 15 is 0 Å². The Balaban J connectivity index is 1.63. The number of carboxylic acids is 1. The minimum absolute atomic E-state index is 0.141. The molecule has 0 aromatic carbocycles. The molecule has 0 aliphatic heterocycles. The van der Waals surface area contributed by atoms with Crippen LogP contribution in [0.5, 0.6) is 0 Å². The fraction of sp³-hybridized carbons (Fsp3) is 0.571. The largest absolute Gasteiger partial charge is 0.480 e. The Morgan fingerprint density at radius 3 is 2.55 bits per heavy atom. The van der Waals surface area contributed by atoms with Gasteiger partial charge in [0, 0.05) is 10.3 Å². The number of aliphatic carboxylic acids is 1. The predicted molar refractivity (Wildman–Crippen MR) is 76.8 cm³/mol. The van der Waals surface area contributed by atoms with Crippen LogP contribution in [0.2, 0.25) is 5.02 Å². The smallest absolute Gasteiger partial charge is 0.319 e. The van der Waals surface area contributed by atoms with Crippen molar-refractivity contribution in [2.75, 3.05) is 0 Å². The van der Waals surface area contributed by atoms with Crippen molar-refractivity contribution in [3.05, 3.63) is 21.3 Å². The minimum Gasteiger partial charge on any atom is -0.480 e. The number of carbonyl (C=O) groups is 2. The molecule has 2 fully saturated rings. The fourth-order valence-corrected chi connectivity index (χ4v) is 4.46. The molecular formula is C14H16ClNO3S. The molecule has 1 amide bonds. The van der Waals surface area contributed by atoms with Crippen LogP contribution in [0.25, 0.3) is 0 Å². The molecule has 2 aliphatic carbocycles. The van der Waals surface area contributed by atoms with E-state index in [0.717, 1.165) is 24.1 Å². The van der Waals surface area contributed by atoms with Gasteiger partial charge in [0.2, 0.25) is 5.91 Å². The first-order valence-electron chi connectivity index (χ1n) is 6.71. The van der Waals surface area contributed by atoms with Gasteiger partial charge in [-0.05, 0) is 37.2 Å². The SMILES string of the molecule is O=C(O)C1(C(=O)NCc2cc(Cl)cs2)CC2(CCC2)C1. The third-order valence-electron chi connectivity index (χ3n) is 4.66. The zero-order valence-corrected chi connectivity index (χ0v) is 12.5. The van der Waals surface area contributed by atoms with Crippen LogP contribution in [-0.4, -0.2) is 17.0 Å². The van der Waals surface area contributed by atoms with Gasteiger partial charge in [0.25, 0.3) is 0 Å². The normalized spacial score (nSPS) is 21.9. The lowest BCUT2D eigenvalue weighted by Gasteiger charge is -2.58. The average Bonchev–Trinajstić information content (AvgIpc) is 2.69. The Hall–Kier alpha value is -1.07. The maximum atomic E-state index is 12.3. The number of rotatable bonds is 4. The van der Waals surface area contributed by atoms with Gasteiger partial charge in [-0.15, -0.1) is 11.3 Å². The summed E-state index contributed by atoms with van der Waals surface area (Å²) in [6.07, 6.45) is 4.27. The summed E-state index contributed by atoms with van der Waals surface area (Å²) >= 11 is 7.28. The van der Waals surface area contributed by atoms with Crippen molar-refractivity contribution < 1.29 is 14.7 Å². The summed E-state index contributed by atoms with van der Waals surface area (Å²) < 4.78 is 0. The van der Waals surface area contributed by atoms with Gasteiger partial charge in [-0.2, -0.15) is 0 Å². The van der Waals surface area contributed by atoms with Crippen molar-refractivity contribution >= 4 is 34.8 Å². The number of hydrogen-bond donors (Lipinski definition) is 2. The lowest BCUT2D eigenvalue weighted by molar-refractivity contribution is -0.181. The zero-order chi connectivity index (χ0) is 14.4. The highest BCUT2D eigenvalue weighted by Gasteiger charge is 2.64. The number of nitrogens with one attached hydrogen (secondary N) is 1. The van der Waals surface area contributed by atoms with Gasteiger partial charge in [0.05, 0.1) is 11.6 Å². The zero-order valence-electron chi connectivity index (χ0n) is 10.9. The van der Waals surface area contributed by atoms with E-state index in [0.29, 0.717) is 24.4 Å². The molecule has 0 bridgehead atoms.